The van der Waals surface area contributed by atoms with Gasteiger partial charge in [-0.05, 0) is 48.1 Å². The molecule has 0 aliphatic carbocycles. The number of benzene rings is 2. The summed E-state index contributed by atoms with van der Waals surface area (Å²) in [6.45, 7) is 4.40. The Morgan fingerprint density at radius 3 is 2.55 bits per heavy atom. The van der Waals surface area contributed by atoms with Crippen molar-refractivity contribution in [3.8, 4) is 17.2 Å². The summed E-state index contributed by atoms with van der Waals surface area (Å²) in [7, 11) is 0. The molecule has 0 N–H and O–H groups in total. The van der Waals surface area contributed by atoms with E-state index in [4.69, 9.17) is 0 Å². The lowest BCUT2D eigenvalue weighted by atomic mass is 9.95. The second kappa shape index (κ2) is 6.91. The fraction of sp³-hybridized carbons (Fsp3) is 0.316. The molecule has 2 aromatic rings. The lowest BCUT2D eigenvalue weighted by Crippen LogP contribution is -1.92. The van der Waals surface area contributed by atoms with E-state index in [1.165, 1.54) is 30.4 Å². The molecule has 1 nitrogen and oxygen atoms in total. The summed E-state index contributed by atoms with van der Waals surface area (Å²) in [5.74, 6) is 0. The Kier molecular flexibility index (Phi) is 4.96. The molecule has 2 aromatic carbocycles. The van der Waals surface area contributed by atoms with Crippen molar-refractivity contribution in [2.45, 2.75) is 39.5 Å². The highest BCUT2D eigenvalue weighted by Crippen LogP contribution is 2.26. The molecule has 0 fully saturated rings. The second-order valence-corrected chi connectivity index (χ2v) is 5.26. The molecule has 0 radical (unpaired) electrons. The third kappa shape index (κ3) is 3.27. The van der Waals surface area contributed by atoms with E-state index >= 15 is 0 Å². The predicted octanol–water partition coefficient (Wildman–Crippen LogP) is 5.27. The Bertz CT molecular complexity index is 620. The van der Waals surface area contributed by atoms with Crippen LogP contribution in [-0.4, -0.2) is 0 Å². The SMILES string of the molecule is CCCCCc1ccc(-c2ccccc2C#N)cc1C. The van der Waals surface area contributed by atoms with Crippen LogP contribution < -0.4 is 0 Å². The topological polar surface area (TPSA) is 23.8 Å². The smallest absolute Gasteiger partial charge is 0.0998 e. The largest absolute Gasteiger partial charge is 0.192 e. The average molecular weight is 263 g/mol. The highest BCUT2D eigenvalue weighted by Gasteiger charge is 2.06. The minimum absolute atomic E-state index is 0.741. The maximum Gasteiger partial charge on any atom is 0.0998 e. The van der Waals surface area contributed by atoms with Gasteiger partial charge in [0.15, 0.2) is 0 Å². The molecule has 0 aromatic heterocycles. The van der Waals surface area contributed by atoms with Crippen LogP contribution in [0.4, 0.5) is 0 Å². The summed E-state index contributed by atoms with van der Waals surface area (Å²) in [6.07, 6.45) is 4.95. The first kappa shape index (κ1) is 14.3. The van der Waals surface area contributed by atoms with Crippen molar-refractivity contribution in [2.75, 3.05) is 0 Å². The van der Waals surface area contributed by atoms with Crippen LogP contribution in [0.5, 0.6) is 0 Å². The average Bonchev–Trinajstić information content (AvgIpc) is 2.49. The Morgan fingerprint density at radius 1 is 1.05 bits per heavy atom. The summed E-state index contributed by atoms with van der Waals surface area (Å²) in [4.78, 5) is 0. The van der Waals surface area contributed by atoms with E-state index in [1.807, 2.05) is 24.3 Å². The highest BCUT2D eigenvalue weighted by atomic mass is 14.2. The first-order valence-electron chi connectivity index (χ1n) is 7.35. The first-order chi connectivity index (χ1) is 9.76. The molecular weight excluding hydrogens is 242 g/mol. The zero-order valence-electron chi connectivity index (χ0n) is 12.3. The van der Waals surface area contributed by atoms with E-state index in [-0.39, 0.29) is 0 Å². The molecule has 0 amide bonds. The Morgan fingerprint density at radius 2 is 1.85 bits per heavy atom. The van der Waals surface area contributed by atoms with Crippen molar-refractivity contribution >= 4 is 0 Å². The van der Waals surface area contributed by atoms with Crippen LogP contribution in [0.1, 0.15) is 42.9 Å². The van der Waals surface area contributed by atoms with E-state index in [2.05, 4.69) is 38.1 Å². The number of aryl methyl sites for hydroxylation is 2. The van der Waals surface area contributed by atoms with Gasteiger partial charge < -0.3 is 0 Å². The van der Waals surface area contributed by atoms with E-state index in [9.17, 15) is 5.26 Å². The molecule has 0 spiro atoms. The molecule has 0 aliphatic heterocycles. The first-order valence-corrected chi connectivity index (χ1v) is 7.35. The predicted molar refractivity (Wildman–Crippen MR) is 84.6 cm³/mol. The van der Waals surface area contributed by atoms with Gasteiger partial charge in [-0.2, -0.15) is 5.26 Å². The summed E-state index contributed by atoms with van der Waals surface area (Å²) in [5.41, 5.74) is 5.66. The highest BCUT2D eigenvalue weighted by molar-refractivity contribution is 5.71. The molecule has 0 atom stereocenters. The molecule has 0 heterocycles. The summed E-state index contributed by atoms with van der Waals surface area (Å²) < 4.78 is 0. The normalized spacial score (nSPS) is 10.2. The molecule has 102 valence electrons. The van der Waals surface area contributed by atoms with Crippen molar-refractivity contribution in [3.63, 3.8) is 0 Å². The van der Waals surface area contributed by atoms with Crippen LogP contribution >= 0.6 is 0 Å². The Balaban J connectivity index is 2.27. The molecule has 0 aliphatic rings. The number of hydrogen-bond acceptors (Lipinski definition) is 1. The molecule has 20 heavy (non-hydrogen) atoms. The van der Waals surface area contributed by atoms with Crippen LogP contribution in [0.3, 0.4) is 0 Å². The van der Waals surface area contributed by atoms with Gasteiger partial charge in [0, 0.05) is 0 Å². The van der Waals surface area contributed by atoms with Crippen LogP contribution in [0.2, 0.25) is 0 Å². The summed E-state index contributed by atoms with van der Waals surface area (Å²) >= 11 is 0. The minimum Gasteiger partial charge on any atom is -0.192 e. The van der Waals surface area contributed by atoms with Gasteiger partial charge in [0.25, 0.3) is 0 Å². The number of rotatable bonds is 5. The quantitative estimate of drug-likeness (QED) is 0.674. The van der Waals surface area contributed by atoms with Gasteiger partial charge >= 0.3 is 0 Å². The molecule has 0 bridgehead atoms. The van der Waals surface area contributed by atoms with Gasteiger partial charge in [0.05, 0.1) is 11.6 Å². The van der Waals surface area contributed by atoms with Gasteiger partial charge in [-0.1, -0.05) is 56.2 Å². The van der Waals surface area contributed by atoms with Gasteiger partial charge in [-0.25, -0.2) is 0 Å². The monoisotopic (exact) mass is 263 g/mol. The van der Waals surface area contributed by atoms with Crippen LogP contribution in [0.15, 0.2) is 42.5 Å². The zero-order chi connectivity index (χ0) is 14.4. The summed E-state index contributed by atoms with van der Waals surface area (Å²) in [6, 6.07) is 16.6. The van der Waals surface area contributed by atoms with Crippen LogP contribution in [-0.2, 0) is 6.42 Å². The number of unbranched alkanes of at least 4 members (excludes halogenated alkanes) is 2. The standard InChI is InChI=1S/C19H21N/c1-3-4-5-8-16-11-12-17(13-15(16)2)19-10-7-6-9-18(19)14-20/h6-7,9-13H,3-5,8H2,1-2H3. The van der Waals surface area contributed by atoms with Crippen LogP contribution in [0.25, 0.3) is 11.1 Å². The van der Waals surface area contributed by atoms with Crippen molar-refractivity contribution in [1.82, 2.24) is 0 Å². The fourth-order valence-electron chi connectivity index (χ4n) is 2.54. The fourth-order valence-corrected chi connectivity index (χ4v) is 2.54. The van der Waals surface area contributed by atoms with Crippen molar-refractivity contribution in [2.24, 2.45) is 0 Å². The van der Waals surface area contributed by atoms with Crippen molar-refractivity contribution < 1.29 is 0 Å². The molecule has 2 rings (SSSR count). The van der Waals surface area contributed by atoms with Crippen molar-refractivity contribution in [3.05, 3.63) is 59.2 Å². The number of nitrogens with zero attached hydrogens (tertiary/aromatic N) is 1. The lowest BCUT2D eigenvalue weighted by Gasteiger charge is -2.10. The third-order valence-corrected chi connectivity index (χ3v) is 3.75. The van der Waals surface area contributed by atoms with E-state index in [1.54, 1.807) is 0 Å². The Labute approximate surface area is 121 Å². The van der Waals surface area contributed by atoms with Crippen LogP contribution in [0, 0.1) is 18.3 Å². The Hall–Kier alpha value is -2.07. The van der Waals surface area contributed by atoms with Gasteiger partial charge in [0.1, 0.15) is 0 Å². The number of hydrogen-bond donors (Lipinski definition) is 0. The maximum atomic E-state index is 9.20. The minimum atomic E-state index is 0.741. The van der Waals surface area contributed by atoms with E-state index in [0.29, 0.717) is 0 Å². The zero-order valence-corrected chi connectivity index (χ0v) is 12.3. The third-order valence-electron chi connectivity index (χ3n) is 3.75. The van der Waals surface area contributed by atoms with Gasteiger partial charge in [-0.15, -0.1) is 0 Å². The van der Waals surface area contributed by atoms with Crippen molar-refractivity contribution in [1.29, 1.82) is 5.26 Å². The second-order valence-electron chi connectivity index (χ2n) is 5.26. The molecular formula is C19H21N. The van der Waals surface area contributed by atoms with Gasteiger partial charge in [-0.3, -0.25) is 0 Å². The molecule has 0 saturated heterocycles. The van der Waals surface area contributed by atoms with E-state index in [0.717, 1.165) is 23.1 Å². The van der Waals surface area contributed by atoms with Gasteiger partial charge in [0.2, 0.25) is 0 Å². The molecule has 0 unspecified atom stereocenters. The molecule has 1 heteroatoms. The lowest BCUT2D eigenvalue weighted by molar-refractivity contribution is 0.715. The van der Waals surface area contributed by atoms with E-state index < -0.39 is 0 Å². The molecule has 0 saturated carbocycles. The summed E-state index contributed by atoms with van der Waals surface area (Å²) in [5, 5.41) is 9.20. The number of nitriles is 1. The maximum absolute atomic E-state index is 9.20.